The number of hydrogen-bond acceptors (Lipinski definition) is 5. The minimum Gasteiger partial charge on any atom is -0.444 e. The molecular formula is C21H31N5O2. The Morgan fingerprint density at radius 1 is 1.14 bits per heavy atom. The summed E-state index contributed by atoms with van der Waals surface area (Å²) in [5.74, 6) is 0.597. The summed E-state index contributed by atoms with van der Waals surface area (Å²) in [6, 6.07) is 4.44. The van der Waals surface area contributed by atoms with Crippen molar-refractivity contribution in [2.24, 2.45) is 0 Å². The average molecular weight is 386 g/mol. The zero-order chi connectivity index (χ0) is 19.9. The lowest BCUT2D eigenvalue weighted by atomic mass is 10.0. The number of amides is 1. The number of hydrogen-bond donors (Lipinski definition) is 0. The van der Waals surface area contributed by atoms with Gasteiger partial charge >= 0.3 is 6.09 Å². The summed E-state index contributed by atoms with van der Waals surface area (Å²) in [5, 5.41) is 4.60. The van der Waals surface area contributed by atoms with Crippen molar-refractivity contribution in [1.82, 2.24) is 19.4 Å². The van der Waals surface area contributed by atoms with Gasteiger partial charge in [-0.3, -0.25) is 0 Å². The molecular weight excluding hydrogens is 354 g/mol. The smallest absolute Gasteiger partial charge is 0.410 e. The molecule has 4 rings (SSSR count). The fraction of sp³-hybridized carbons (Fsp3) is 0.619. The van der Waals surface area contributed by atoms with Gasteiger partial charge in [0.05, 0.1) is 17.4 Å². The van der Waals surface area contributed by atoms with Crippen LogP contribution < -0.4 is 4.90 Å². The minimum atomic E-state index is -0.456. The van der Waals surface area contributed by atoms with Gasteiger partial charge in [0.1, 0.15) is 5.60 Å². The monoisotopic (exact) mass is 385 g/mol. The molecule has 2 fully saturated rings. The van der Waals surface area contributed by atoms with Crippen LogP contribution in [0.5, 0.6) is 0 Å². The molecule has 152 valence electrons. The van der Waals surface area contributed by atoms with Crippen molar-refractivity contribution in [3.63, 3.8) is 0 Å². The first kappa shape index (κ1) is 19.1. The zero-order valence-electron chi connectivity index (χ0n) is 17.4. The maximum atomic E-state index is 12.3. The Morgan fingerprint density at radius 3 is 2.54 bits per heavy atom. The minimum absolute atomic E-state index is 0.224. The number of fused-ring (bicyclic) bond motifs is 1. The maximum absolute atomic E-state index is 12.3. The van der Waals surface area contributed by atoms with Crippen molar-refractivity contribution in [2.75, 3.05) is 51.2 Å². The Hall–Kier alpha value is -2.28. The number of likely N-dealkylation sites (N-methyl/N-ethyl adjacent to an activating group) is 1. The third-order valence-corrected chi connectivity index (χ3v) is 5.65. The number of nitrogens with zero attached hydrogens (tertiary/aromatic N) is 5. The van der Waals surface area contributed by atoms with Crippen molar-refractivity contribution in [2.45, 2.75) is 38.7 Å². The number of ether oxygens (including phenoxy) is 1. The molecule has 0 saturated carbocycles. The summed E-state index contributed by atoms with van der Waals surface area (Å²) < 4.78 is 7.49. The van der Waals surface area contributed by atoms with Crippen molar-refractivity contribution < 1.29 is 9.53 Å². The van der Waals surface area contributed by atoms with E-state index < -0.39 is 5.60 Å². The largest absolute Gasteiger partial charge is 0.444 e. The molecule has 2 aromatic rings. The van der Waals surface area contributed by atoms with Crippen LogP contribution in [0.4, 0.5) is 10.5 Å². The predicted octanol–water partition coefficient (Wildman–Crippen LogP) is 2.81. The number of piperazine rings is 1. The first-order valence-corrected chi connectivity index (χ1v) is 10.2. The fourth-order valence-electron chi connectivity index (χ4n) is 4.14. The molecule has 0 N–H and O–H groups in total. The summed E-state index contributed by atoms with van der Waals surface area (Å²) in [7, 11) is 2.18. The standard InChI is InChI=1S/C21H31N5O2/c1-21(2,3)28-20(27)25-11-9-24(10-12-25)19-13-22-26-15-16(5-6-18(19)26)17-7-8-23(4)14-17/h5-6,13,15,17H,7-12,14H2,1-4H3. The van der Waals surface area contributed by atoms with Crippen molar-refractivity contribution in [3.8, 4) is 0 Å². The fourth-order valence-corrected chi connectivity index (χ4v) is 4.14. The zero-order valence-corrected chi connectivity index (χ0v) is 17.4. The van der Waals surface area contributed by atoms with Crippen LogP contribution in [0, 0.1) is 0 Å². The molecule has 0 aromatic carbocycles. The summed E-state index contributed by atoms with van der Waals surface area (Å²) in [6.45, 7) is 10.9. The van der Waals surface area contributed by atoms with Gasteiger partial charge in [0.15, 0.2) is 0 Å². The van der Waals surface area contributed by atoms with Crippen molar-refractivity contribution >= 4 is 17.3 Å². The van der Waals surface area contributed by atoms with Crippen LogP contribution in [0.2, 0.25) is 0 Å². The Bertz CT molecular complexity index is 848. The van der Waals surface area contributed by atoms with Crippen LogP contribution in [0.1, 0.15) is 38.7 Å². The van der Waals surface area contributed by atoms with E-state index in [1.54, 1.807) is 4.90 Å². The lowest BCUT2D eigenvalue weighted by molar-refractivity contribution is 0.0241. The third kappa shape index (κ3) is 3.94. The van der Waals surface area contributed by atoms with Gasteiger partial charge in [0.2, 0.25) is 0 Å². The highest BCUT2D eigenvalue weighted by Gasteiger charge is 2.27. The first-order valence-electron chi connectivity index (χ1n) is 10.2. The molecule has 2 aliphatic rings. The molecule has 2 saturated heterocycles. The molecule has 1 atom stereocenters. The van der Waals surface area contributed by atoms with E-state index in [2.05, 4.69) is 40.3 Å². The van der Waals surface area contributed by atoms with Gasteiger partial charge < -0.3 is 19.4 Å². The summed E-state index contributed by atoms with van der Waals surface area (Å²) >= 11 is 0. The molecule has 7 nitrogen and oxygen atoms in total. The third-order valence-electron chi connectivity index (χ3n) is 5.65. The molecule has 7 heteroatoms. The number of anilines is 1. The Labute approximate surface area is 166 Å². The highest BCUT2D eigenvalue weighted by Crippen LogP contribution is 2.29. The van der Waals surface area contributed by atoms with Gasteiger partial charge in [0, 0.05) is 38.9 Å². The lowest BCUT2D eigenvalue weighted by Gasteiger charge is -2.36. The number of carbonyl (C=O) groups excluding carboxylic acids is 1. The lowest BCUT2D eigenvalue weighted by Crippen LogP contribution is -2.50. The SMILES string of the molecule is CN1CCC(c2ccc3c(N4CCN(C(=O)OC(C)(C)C)CC4)cnn3c2)C1. The van der Waals surface area contributed by atoms with Crippen molar-refractivity contribution in [1.29, 1.82) is 0 Å². The average Bonchev–Trinajstić information content (AvgIpc) is 3.26. The van der Waals surface area contributed by atoms with Gasteiger partial charge in [-0.15, -0.1) is 0 Å². The number of likely N-dealkylation sites (tertiary alicyclic amines) is 1. The van der Waals surface area contributed by atoms with Crippen LogP contribution in [0.3, 0.4) is 0 Å². The van der Waals surface area contributed by atoms with Gasteiger partial charge in [0.25, 0.3) is 0 Å². The summed E-state index contributed by atoms with van der Waals surface area (Å²) in [6.07, 6.45) is 5.11. The molecule has 4 heterocycles. The van der Waals surface area contributed by atoms with Gasteiger partial charge in [-0.2, -0.15) is 5.10 Å². The normalized spacial score (nSPS) is 21.5. The van der Waals surface area contributed by atoms with Crippen LogP contribution in [0.15, 0.2) is 24.5 Å². The predicted molar refractivity (Wildman–Crippen MR) is 110 cm³/mol. The quantitative estimate of drug-likeness (QED) is 0.796. The van der Waals surface area contributed by atoms with E-state index >= 15 is 0 Å². The Balaban J connectivity index is 1.43. The van der Waals surface area contributed by atoms with Crippen LogP contribution in [-0.4, -0.2) is 77.4 Å². The number of carbonyl (C=O) groups is 1. The Morgan fingerprint density at radius 2 is 1.89 bits per heavy atom. The highest BCUT2D eigenvalue weighted by atomic mass is 16.6. The first-order chi connectivity index (χ1) is 13.3. The molecule has 1 amide bonds. The molecule has 0 bridgehead atoms. The second kappa shape index (κ2) is 7.28. The van der Waals surface area contributed by atoms with Crippen LogP contribution >= 0.6 is 0 Å². The number of aromatic nitrogens is 2. The molecule has 1 unspecified atom stereocenters. The maximum Gasteiger partial charge on any atom is 0.410 e. The topological polar surface area (TPSA) is 53.3 Å². The molecule has 28 heavy (non-hydrogen) atoms. The van der Waals surface area contributed by atoms with E-state index in [9.17, 15) is 4.79 Å². The van der Waals surface area contributed by atoms with Crippen LogP contribution in [0.25, 0.3) is 5.52 Å². The summed E-state index contributed by atoms with van der Waals surface area (Å²) in [5.41, 5.74) is 3.17. The van der Waals surface area contributed by atoms with Crippen molar-refractivity contribution in [3.05, 3.63) is 30.1 Å². The van der Waals surface area contributed by atoms with Gasteiger partial charge in [-0.1, -0.05) is 6.07 Å². The second-order valence-electron chi connectivity index (χ2n) is 9.02. The van der Waals surface area contributed by atoms with E-state index in [0.717, 1.165) is 37.4 Å². The van der Waals surface area contributed by atoms with Crippen LogP contribution in [-0.2, 0) is 4.74 Å². The van der Waals surface area contributed by atoms with E-state index in [1.807, 2.05) is 31.5 Å². The molecule has 0 spiro atoms. The van der Waals surface area contributed by atoms with E-state index in [0.29, 0.717) is 19.0 Å². The second-order valence-corrected chi connectivity index (χ2v) is 9.02. The molecule has 0 aliphatic carbocycles. The number of rotatable bonds is 2. The molecule has 2 aromatic heterocycles. The number of pyridine rings is 1. The van der Waals surface area contributed by atoms with E-state index in [4.69, 9.17) is 4.74 Å². The molecule has 2 aliphatic heterocycles. The summed E-state index contributed by atoms with van der Waals surface area (Å²) in [4.78, 5) is 18.8. The van der Waals surface area contributed by atoms with E-state index in [1.165, 1.54) is 12.0 Å². The Kier molecular flexibility index (Phi) is 4.95. The molecule has 0 radical (unpaired) electrons. The van der Waals surface area contributed by atoms with Gasteiger partial charge in [-0.05, 0) is 58.3 Å². The van der Waals surface area contributed by atoms with E-state index in [-0.39, 0.29) is 6.09 Å². The highest BCUT2D eigenvalue weighted by molar-refractivity contribution is 5.74. The van der Waals surface area contributed by atoms with Gasteiger partial charge in [-0.25, -0.2) is 9.31 Å².